The second-order valence-corrected chi connectivity index (χ2v) is 7.69. The fraction of sp³-hybridized carbons (Fsp3) is 0.842. The topological polar surface area (TPSA) is 42.0 Å². The van der Waals surface area contributed by atoms with Gasteiger partial charge in [0, 0.05) is 52.0 Å². The lowest BCUT2D eigenvalue weighted by Crippen LogP contribution is -2.44. The molecule has 0 saturated carbocycles. The van der Waals surface area contributed by atoms with Crippen molar-refractivity contribution in [3.8, 4) is 0 Å². The number of carbonyl (C=O) groups is 1. The Hall–Kier alpha value is -0.910. The number of allylic oxidation sites excluding steroid dienone is 1. The molecule has 0 radical (unpaired) electrons. The number of piperidine rings is 1. The summed E-state index contributed by atoms with van der Waals surface area (Å²) in [5, 5.41) is 0. The van der Waals surface area contributed by atoms with Crippen LogP contribution in [0.25, 0.3) is 0 Å². The molecule has 1 unspecified atom stereocenters. The third-order valence-corrected chi connectivity index (χ3v) is 6.09. The van der Waals surface area contributed by atoms with Gasteiger partial charge in [0.2, 0.25) is 5.91 Å². The number of nitrogens with zero attached hydrogens (tertiary/aromatic N) is 2. The maximum Gasteiger partial charge on any atom is 0.249 e. The first-order chi connectivity index (χ1) is 11.7. The van der Waals surface area contributed by atoms with Gasteiger partial charge in [0.15, 0.2) is 0 Å². The van der Waals surface area contributed by atoms with Gasteiger partial charge in [-0.15, -0.1) is 0 Å². The van der Waals surface area contributed by atoms with Crippen molar-refractivity contribution >= 4 is 5.91 Å². The molecule has 2 fully saturated rings. The number of methoxy groups -OCH3 is 2. The van der Waals surface area contributed by atoms with Crippen LogP contribution in [-0.2, 0) is 14.3 Å². The van der Waals surface area contributed by atoms with E-state index in [2.05, 4.69) is 15.9 Å². The summed E-state index contributed by atoms with van der Waals surface area (Å²) < 4.78 is 10.7. The molecule has 5 nitrogen and oxygen atoms in total. The van der Waals surface area contributed by atoms with E-state index in [4.69, 9.17) is 9.47 Å². The van der Waals surface area contributed by atoms with Gasteiger partial charge >= 0.3 is 0 Å². The first kappa shape index (κ1) is 17.9. The van der Waals surface area contributed by atoms with Crippen LogP contribution < -0.4 is 0 Å². The van der Waals surface area contributed by atoms with Gasteiger partial charge in [0.1, 0.15) is 0 Å². The predicted molar refractivity (Wildman–Crippen MR) is 93.9 cm³/mol. The largest absolute Gasteiger partial charge is 0.383 e. The zero-order valence-electron chi connectivity index (χ0n) is 15.3. The van der Waals surface area contributed by atoms with Gasteiger partial charge in [0.25, 0.3) is 0 Å². The molecule has 2 aliphatic heterocycles. The Labute approximate surface area is 146 Å². The zero-order chi connectivity index (χ0) is 17.0. The number of amides is 1. The summed E-state index contributed by atoms with van der Waals surface area (Å²) in [5.74, 6) is 0.296. The lowest BCUT2D eigenvalue weighted by molar-refractivity contribution is -0.129. The Balaban J connectivity index is 1.57. The Morgan fingerprint density at radius 3 is 2.71 bits per heavy atom. The van der Waals surface area contributed by atoms with Gasteiger partial charge in [-0.3, -0.25) is 9.69 Å². The Morgan fingerprint density at radius 1 is 1.29 bits per heavy atom. The van der Waals surface area contributed by atoms with Crippen molar-refractivity contribution in [1.29, 1.82) is 0 Å². The molecule has 0 aromatic heterocycles. The maximum absolute atomic E-state index is 12.6. The summed E-state index contributed by atoms with van der Waals surface area (Å²) in [6, 6.07) is 0.491. The molecule has 2 saturated heterocycles. The van der Waals surface area contributed by atoms with Crippen LogP contribution in [0, 0.1) is 5.41 Å². The monoisotopic (exact) mass is 336 g/mol. The minimum atomic E-state index is 0.296. The second-order valence-electron chi connectivity index (χ2n) is 7.69. The standard InChI is InChI=1S/C19H32N2O3/c1-23-12-11-21-15-19(13-17(21)14-24-2)7-9-20(10-8-19)18(22)16-5-3-4-6-16/h5,17H,3-4,6-15H2,1-2H3. The van der Waals surface area contributed by atoms with E-state index >= 15 is 0 Å². The maximum atomic E-state index is 12.6. The molecule has 2 heterocycles. The van der Waals surface area contributed by atoms with Crippen molar-refractivity contribution in [1.82, 2.24) is 9.80 Å². The third-order valence-electron chi connectivity index (χ3n) is 6.09. The van der Waals surface area contributed by atoms with Gasteiger partial charge in [0.05, 0.1) is 13.2 Å². The zero-order valence-corrected chi connectivity index (χ0v) is 15.3. The molecule has 24 heavy (non-hydrogen) atoms. The number of ether oxygens (including phenoxy) is 2. The Bertz CT molecular complexity index is 469. The summed E-state index contributed by atoms with van der Waals surface area (Å²) in [7, 11) is 3.55. The molecule has 0 N–H and O–H groups in total. The summed E-state index contributed by atoms with van der Waals surface area (Å²) in [6.45, 7) is 5.48. The van der Waals surface area contributed by atoms with Crippen LogP contribution in [0.3, 0.4) is 0 Å². The number of hydrogen-bond acceptors (Lipinski definition) is 4. The lowest BCUT2D eigenvalue weighted by Gasteiger charge is -2.39. The average Bonchev–Trinajstić information content (AvgIpc) is 3.23. The highest BCUT2D eigenvalue weighted by atomic mass is 16.5. The van der Waals surface area contributed by atoms with E-state index in [-0.39, 0.29) is 0 Å². The van der Waals surface area contributed by atoms with E-state index in [9.17, 15) is 4.79 Å². The van der Waals surface area contributed by atoms with Crippen LogP contribution in [0.2, 0.25) is 0 Å². The van der Waals surface area contributed by atoms with E-state index in [1.165, 1.54) is 6.42 Å². The van der Waals surface area contributed by atoms with Crippen LogP contribution in [-0.4, -0.2) is 75.4 Å². The molecule has 0 aromatic rings. The van der Waals surface area contributed by atoms with Gasteiger partial charge in [-0.05, 0) is 43.9 Å². The molecule has 3 rings (SSSR count). The van der Waals surface area contributed by atoms with Gasteiger partial charge in [-0.1, -0.05) is 6.08 Å². The highest BCUT2D eigenvalue weighted by molar-refractivity contribution is 5.93. The van der Waals surface area contributed by atoms with E-state index in [0.29, 0.717) is 17.4 Å². The van der Waals surface area contributed by atoms with Crippen molar-refractivity contribution in [3.05, 3.63) is 11.6 Å². The summed E-state index contributed by atoms with van der Waals surface area (Å²) in [4.78, 5) is 17.2. The lowest BCUT2D eigenvalue weighted by atomic mass is 9.76. The summed E-state index contributed by atoms with van der Waals surface area (Å²) in [5.41, 5.74) is 1.41. The number of carbonyl (C=O) groups excluding carboxylic acids is 1. The molecule has 0 bridgehead atoms. The van der Waals surface area contributed by atoms with Gasteiger partial charge in [-0.2, -0.15) is 0 Å². The van der Waals surface area contributed by atoms with Gasteiger partial charge < -0.3 is 14.4 Å². The van der Waals surface area contributed by atoms with Crippen LogP contribution in [0.4, 0.5) is 0 Å². The quantitative estimate of drug-likeness (QED) is 0.745. The first-order valence-corrected chi connectivity index (χ1v) is 9.38. The Kier molecular flexibility index (Phi) is 5.95. The molecule has 1 atom stereocenters. The number of rotatable bonds is 6. The highest BCUT2D eigenvalue weighted by Gasteiger charge is 2.45. The normalized spacial score (nSPS) is 27.0. The Morgan fingerprint density at radius 2 is 2.08 bits per heavy atom. The van der Waals surface area contributed by atoms with Crippen molar-refractivity contribution in [2.75, 3.05) is 53.6 Å². The molecule has 0 aromatic carbocycles. The van der Waals surface area contributed by atoms with Crippen molar-refractivity contribution < 1.29 is 14.3 Å². The first-order valence-electron chi connectivity index (χ1n) is 9.38. The van der Waals surface area contributed by atoms with E-state index in [1.807, 2.05) is 0 Å². The summed E-state index contributed by atoms with van der Waals surface area (Å²) in [6.07, 6.45) is 8.77. The van der Waals surface area contributed by atoms with Crippen molar-refractivity contribution in [3.63, 3.8) is 0 Å². The molecule has 1 aliphatic carbocycles. The molecule has 3 aliphatic rings. The van der Waals surface area contributed by atoms with Crippen LogP contribution in [0.1, 0.15) is 38.5 Å². The van der Waals surface area contributed by atoms with Crippen LogP contribution in [0.5, 0.6) is 0 Å². The number of hydrogen-bond donors (Lipinski definition) is 0. The van der Waals surface area contributed by atoms with Crippen LogP contribution >= 0.6 is 0 Å². The predicted octanol–water partition coefficient (Wildman–Crippen LogP) is 2.07. The van der Waals surface area contributed by atoms with E-state index in [0.717, 1.165) is 77.1 Å². The second kappa shape index (κ2) is 7.98. The fourth-order valence-electron chi connectivity index (χ4n) is 4.69. The van der Waals surface area contributed by atoms with Crippen molar-refractivity contribution in [2.24, 2.45) is 5.41 Å². The molecular weight excluding hydrogens is 304 g/mol. The summed E-state index contributed by atoms with van der Waals surface area (Å²) >= 11 is 0. The number of likely N-dealkylation sites (tertiary alicyclic amines) is 2. The highest BCUT2D eigenvalue weighted by Crippen LogP contribution is 2.43. The van der Waals surface area contributed by atoms with E-state index in [1.54, 1.807) is 14.2 Å². The third kappa shape index (κ3) is 3.84. The minimum Gasteiger partial charge on any atom is -0.383 e. The molecule has 1 spiro atoms. The molecule has 136 valence electrons. The molecule has 5 heteroatoms. The molecule has 1 amide bonds. The fourth-order valence-corrected chi connectivity index (χ4v) is 4.69. The minimum absolute atomic E-state index is 0.296. The SMILES string of the molecule is COCCN1CC2(CCN(C(=O)C3=CCCC3)CC2)CC1COC. The van der Waals surface area contributed by atoms with E-state index < -0.39 is 0 Å². The smallest absolute Gasteiger partial charge is 0.249 e. The van der Waals surface area contributed by atoms with Crippen molar-refractivity contribution in [2.45, 2.75) is 44.6 Å². The molecular formula is C19H32N2O3. The van der Waals surface area contributed by atoms with Crippen LogP contribution in [0.15, 0.2) is 11.6 Å². The van der Waals surface area contributed by atoms with Gasteiger partial charge in [-0.25, -0.2) is 0 Å². The average molecular weight is 336 g/mol.